The SMILES string of the molecule is O=Cc1c(Br)ccc2snnc12. The number of benzene rings is 1. The second-order valence-corrected chi connectivity index (χ2v) is 3.84. The number of fused-ring (bicyclic) bond motifs is 1. The summed E-state index contributed by atoms with van der Waals surface area (Å²) in [5.74, 6) is 0. The topological polar surface area (TPSA) is 42.9 Å². The van der Waals surface area contributed by atoms with Crippen LogP contribution in [0, 0.1) is 0 Å². The van der Waals surface area contributed by atoms with Crippen molar-refractivity contribution in [3.8, 4) is 0 Å². The summed E-state index contributed by atoms with van der Waals surface area (Å²) in [6.07, 6.45) is 0.786. The Bertz CT molecular complexity index is 440. The highest BCUT2D eigenvalue weighted by atomic mass is 79.9. The van der Waals surface area contributed by atoms with E-state index in [4.69, 9.17) is 0 Å². The Morgan fingerprint density at radius 3 is 3.08 bits per heavy atom. The lowest BCUT2D eigenvalue weighted by molar-refractivity contribution is 0.112. The van der Waals surface area contributed by atoms with Crippen molar-refractivity contribution in [1.29, 1.82) is 0 Å². The molecule has 12 heavy (non-hydrogen) atoms. The molecule has 1 heterocycles. The minimum absolute atomic E-state index is 0.571. The number of carbonyl (C=O) groups excluding carboxylic acids is 1. The average molecular weight is 243 g/mol. The van der Waals surface area contributed by atoms with Crippen LogP contribution in [0.4, 0.5) is 0 Å². The highest BCUT2D eigenvalue weighted by Gasteiger charge is 2.07. The van der Waals surface area contributed by atoms with Gasteiger partial charge in [0.1, 0.15) is 5.52 Å². The van der Waals surface area contributed by atoms with Gasteiger partial charge in [-0.05, 0) is 39.6 Å². The summed E-state index contributed by atoms with van der Waals surface area (Å²) in [7, 11) is 0. The summed E-state index contributed by atoms with van der Waals surface area (Å²) in [4.78, 5) is 10.6. The van der Waals surface area contributed by atoms with Gasteiger partial charge in [0.15, 0.2) is 6.29 Å². The van der Waals surface area contributed by atoms with Crippen molar-refractivity contribution < 1.29 is 4.79 Å². The maximum Gasteiger partial charge on any atom is 0.153 e. The van der Waals surface area contributed by atoms with Crippen LogP contribution in [0.15, 0.2) is 16.6 Å². The van der Waals surface area contributed by atoms with E-state index < -0.39 is 0 Å². The summed E-state index contributed by atoms with van der Waals surface area (Å²) in [6.45, 7) is 0. The number of halogens is 1. The maximum absolute atomic E-state index is 10.6. The van der Waals surface area contributed by atoms with Gasteiger partial charge in [0, 0.05) is 4.47 Å². The Labute approximate surface area is 80.7 Å². The zero-order valence-corrected chi connectivity index (χ0v) is 8.22. The first-order valence-corrected chi connectivity index (χ1v) is 4.75. The van der Waals surface area contributed by atoms with E-state index >= 15 is 0 Å². The molecule has 0 amide bonds. The normalized spacial score (nSPS) is 10.4. The van der Waals surface area contributed by atoms with Crippen molar-refractivity contribution in [3.05, 3.63) is 22.2 Å². The Kier molecular flexibility index (Phi) is 1.90. The first-order chi connectivity index (χ1) is 5.83. The van der Waals surface area contributed by atoms with Crippen LogP contribution in [0.1, 0.15) is 10.4 Å². The van der Waals surface area contributed by atoms with Gasteiger partial charge >= 0.3 is 0 Å². The van der Waals surface area contributed by atoms with E-state index in [1.54, 1.807) is 0 Å². The van der Waals surface area contributed by atoms with Crippen LogP contribution in [0.5, 0.6) is 0 Å². The number of hydrogen-bond donors (Lipinski definition) is 0. The smallest absolute Gasteiger partial charge is 0.153 e. The van der Waals surface area contributed by atoms with Crippen molar-refractivity contribution in [2.75, 3.05) is 0 Å². The number of nitrogens with zero attached hydrogens (tertiary/aromatic N) is 2. The average Bonchev–Trinajstić information content (AvgIpc) is 2.52. The monoisotopic (exact) mass is 242 g/mol. The fourth-order valence-corrected chi connectivity index (χ4v) is 1.95. The Balaban J connectivity index is 2.91. The molecule has 5 heteroatoms. The van der Waals surface area contributed by atoms with Gasteiger partial charge < -0.3 is 0 Å². The number of rotatable bonds is 1. The Morgan fingerprint density at radius 2 is 2.33 bits per heavy atom. The summed E-state index contributed by atoms with van der Waals surface area (Å²) in [5.41, 5.74) is 1.24. The standard InChI is InChI=1S/C7H3BrN2OS/c8-5-1-2-6-7(4(5)3-11)9-10-12-6/h1-3H. The third-order valence-corrected chi connectivity index (χ3v) is 2.91. The highest BCUT2D eigenvalue weighted by molar-refractivity contribution is 9.10. The largest absolute Gasteiger partial charge is 0.298 e. The van der Waals surface area contributed by atoms with E-state index in [2.05, 4.69) is 25.5 Å². The van der Waals surface area contributed by atoms with E-state index in [0.717, 1.165) is 15.5 Å². The molecule has 0 aliphatic rings. The molecule has 60 valence electrons. The number of aromatic nitrogens is 2. The van der Waals surface area contributed by atoms with Crippen LogP contribution in [-0.4, -0.2) is 15.9 Å². The lowest BCUT2D eigenvalue weighted by atomic mass is 10.2. The molecule has 2 aromatic rings. The van der Waals surface area contributed by atoms with Crippen molar-refractivity contribution in [2.24, 2.45) is 0 Å². The molecule has 0 aliphatic heterocycles. The van der Waals surface area contributed by atoms with E-state index in [-0.39, 0.29) is 0 Å². The predicted octanol–water partition coefficient (Wildman–Crippen LogP) is 2.27. The molecule has 0 saturated carbocycles. The third-order valence-electron chi connectivity index (χ3n) is 1.52. The van der Waals surface area contributed by atoms with Crippen molar-refractivity contribution in [1.82, 2.24) is 9.59 Å². The fourth-order valence-electron chi connectivity index (χ4n) is 0.958. The van der Waals surface area contributed by atoms with Crippen LogP contribution in [0.2, 0.25) is 0 Å². The van der Waals surface area contributed by atoms with Crippen molar-refractivity contribution in [3.63, 3.8) is 0 Å². The van der Waals surface area contributed by atoms with Crippen LogP contribution < -0.4 is 0 Å². The first kappa shape index (κ1) is 7.82. The fraction of sp³-hybridized carbons (Fsp3) is 0. The lowest BCUT2D eigenvalue weighted by Crippen LogP contribution is -1.84. The molecule has 0 N–H and O–H groups in total. The molecular formula is C7H3BrN2OS. The molecule has 0 aliphatic carbocycles. The summed E-state index contributed by atoms with van der Waals surface area (Å²) in [5, 5.41) is 3.86. The van der Waals surface area contributed by atoms with Crippen LogP contribution in [-0.2, 0) is 0 Å². The molecule has 0 unspecified atom stereocenters. The molecule has 1 aromatic heterocycles. The second-order valence-electron chi connectivity index (χ2n) is 2.20. The minimum Gasteiger partial charge on any atom is -0.298 e. The van der Waals surface area contributed by atoms with E-state index in [1.807, 2.05) is 12.1 Å². The minimum atomic E-state index is 0.571. The molecule has 1 aromatic carbocycles. The molecule has 0 radical (unpaired) electrons. The Hall–Kier alpha value is -0.810. The molecular weight excluding hydrogens is 240 g/mol. The molecule has 0 saturated heterocycles. The zero-order chi connectivity index (χ0) is 8.55. The number of hydrogen-bond acceptors (Lipinski definition) is 4. The van der Waals surface area contributed by atoms with Crippen molar-refractivity contribution >= 4 is 44.0 Å². The quantitative estimate of drug-likeness (QED) is 0.721. The van der Waals surface area contributed by atoms with Gasteiger partial charge in [0.25, 0.3) is 0 Å². The number of aldehydes is 1. The molecule has 0 fully saturated rings. The first-order valence-electron chi connectivity index (χ1n) is 3.18. The van der Waals surface area contributed by atoms with Crippen LogP contribution >= 0.6 is 27.5 Å². The van der Waals surface area contributed by atoms with Crippen molar-refractivity contribution in [2.45, 2.75) is 0 Å². The zero-order valence-electron chi connectivity index (χ0n) is 5.82. The highest BCUT2D eigenvalue weighted by Crippen LogP contribution is 2.24. The van der Waals surface area contributed by atoms with Gasteiger partial charge in [0.2, 0.25) is 0 Å². The second kappa shape index (κ2) is 2.91. The molecule has 2 rings (SSSR count). The Morgan fingerprint density at radius 1 is 1.50 bits per heavy atom. The predicted molar refractivity (Wildman–Crippen MR) is 50.5 cm³/mol. The van der Waals surface area contributed by atoms with Gasteiger partial charge in [-0.3, -0.25) is 4.79 Å². The molecule has 0 spiro atoms. The summed E-state index contributed by atoms with van der Waals surface area (Å²) >= 11 is 4.55. The molecule has 0 bridgehead atoms. The van der Waals surface area contributed by atoms with E-state index in [1.165, 1.54) is 11.5 Å². The molecule has 0 atom stereocenters. The third kappa shape index (κ3) is 1.05. The summed E-state index contributed by atoms with van der Waals surface area (Å²) < 4.78 is 5.46. The van der Waals surface area contributed by atoms with Crippen LogP contribution in [0.25, 0.3) is 10.2 Å². The maximum atomic E-state index is 10.6. The van der Waals surface area contributed by atoms with Gasteiger partial charge in [-0.2, -0.15) is 0 Å². The van der Waals surface area contributed by atoms with E-state index in [0.29, 0.717) is 11.1 Å². The van der Waals surface area contributed by atoms with Gasteiger partial charge in [-0.1, -0.05) is 4.49 Å². The van der Waals surface area contributed by atoms with Gasteiger partial charge in [0.05, 0.1) is 10.3 Å². The number of carbonyl (C=O) groups is 1. The van der Waals surface area contributed by atoms with Gasteiger partial charge in [-0.15, -0.1) is 5.10 Å². The summed E-state index contributed by atoms with van der Waals surface area (Å²) in [6, 6.07) is 3.71. The lowest BCUT2D eigenvalue weighted by Gasteiger charge is -1.94. The van der Waals surface area contributed by atoms with Crippen LogP contribution in [0.3, 0.4) is 0 Å². The van der Waals surface area contributed by atoms with Gasteiger partial charge in [-0.25, -0.2) is 0 Å². The molecule has 3 nitrogen and oxygen atoms in total. The van der Waals surface area contributed by atoms with E-state index in [9.17, 15) is 4.79 Å².